The molecule has 1 nitrogen and oxygen atoms in total. The minimum Gasteiger partial charge on any atom is -0.341 e. The quantitative estimate of drug-likeness (QED) is 0.747. The maximum Gasteiger partial charge on any atom is 0.0444 e. The molecule has 0 bridgehead atoms. The summed E-state index contributed by atoms with van der Waals surface area (Å²) < 4.78 is 0. The summed E-state index contributed by atoms with van der Waals surface area (Å²) >= 11 is 0. The van der Waals surface area contributed by atoms with Gasteiger partial charge in [0.25, 0.3) is 0 Å². The molecule has 17 heavy (non-hydrogen) atoms. The van der Waals surface area contributed by atoms with Gasteiger partial charge in [0.15, 0.2) is 0 Å². The Morgan fingerprint density at radius 3 is 2.47 bits per heavy atom. The highest BCUT2D eigenvalue weighted by atomic mass is 15.2. The van der Waals surface area contributed by atoms with Crippen molar-refractivity contribution in [1.29, 1.82) is 0 Å². The van der Waals surface area contributed by atoms with E-state index in [1.807, 2.05) is 6.07 Å². The number of benzene rings is 2. The molecule has 1 aliphatic rings. The second-order valence-corrected chi connectivity index (χ2v) is 4.34. The van der Waals surface area contributed by atoms with Crippen LogP contribution in [0.2, 0.25) is 0 Å². The summed E-state index contributed by atoms with van der Waals surface area (Å²) in [6, 6.07) is 19.0. The zero-order valence-electron chi connectivity index (χ0n) is 9.76. The first-order valence-corrected chi connectivity index (χ1v) is 5.96. The molecule has 0 aromatic heterocycles. The third-order valence-electron chi connectivity index (χ3n) is 3.32. The fourth-order valence-electron chi connectivity index (χ4n) is 2.40. The molecule has 0 aliphatic carbocycles. The monoisotopic (exact) mass is 221 g/mol. The van der Waals surface area contributed by atoms with Gasteiger partial charge in [0.1, 0.15) is 0 Å². The molecule has 0 radical (unpaired) electrons. The molecule has 1 heteroatoms. The maximum atomic E-state index is 4.23. The van der Waals surface area contributed by atoms with Crippen LogP contribution >= 0.6 is 0 Å². The summed E-state index contributed by atoms with van der Waals surface area (Å²) in [7, 11) is 0. The van der Waals surface area contributed by atoms with E-state index in [9.17, 15) is 0 Å². The van der Waals surface area contributed by atoms with Crippen molar-refractivity contribution in [1.82, 2.24) is 0 Å². The van der Waals surface area contributed by atoms with Crippen LogP contribution in [0.4, 0.5) is 5.69 Å². The Bertz CT molecular complexity index is 542. The number of rotatable bonds is 2. The Kier molecular flexibility index (Phi) is 2.45. The van der Waals surface area contributed by atoms with Crippen LogP contribution in [0.25, 0.3) is 5.70 Å². The van der Waals surface area contributed by atoms with Crippen LogP contribution in [0.15, 0.2) is 61.2 Å². The van der Waals surface area contributed by atoms with E-state index in [1.54, 1.807) is 0 Å². The molecule has 1 heterocycles. The smallest absolute Gasteiger partial charge is 0.0444 e. The third kappa shape index (κ3) is 1.74. The van der Waals surface area contributed by atoms with Crippen molar-refractivity contribution < 1.29 is 0 Å². The van der Waals surface area contributed by atoms with Crippen molar-refractivity contribution in [2.24, 2.45) is 0 Å². The molecular weight excluding hydrogens is 206 g/mol. The topological polar surface area (TPSA) is 3.24 Å². The number of nitrogens with zero attached hydrogens (tertiary/aromatic N) is 1. The number of anilines is 1. The summed E-state index contributed by atoms with van der Waals surface area (Å²) in [6.07, 6.45) is 1.11. The molecule has 2 aromatic rings. The van der Waals surface area contributed by atoms with Crippen molar-refractivity contribution >= 4 is 11.4 Å². The van der Waals surface area contributed by atoms with Crippen molar-refractivity contribution in [2.75, 3.05) is 11.4 Å². The highest BCUT2D eigenvalue weighted by molar-refractivity contribution is 5.81. The molecular formula is C16H15N. The van der Waals surface area contributed by atoms with Gasteiger partial charge < -0.3 is 4.90 Å². The van der Waals surface area contributed by atoms with E-state index >= 15 is 0 Å². The number of hydrogen-bond acceptors (Lipinski definition) is 1. The molecule has 0 N–H and O–H groups in total. The van der Waals surface area contributed by atoms with E-state index in [2.05, 4.69) is 60.0 Å². The van der Waals surface area contributed by atoms with Crippen LogP contribution in [0.1, 0.15) is 11.1 Å². The molecule has 84 valence electrons. The summed E-state index contributed by atoms with van der Waals surface area (Å²) in [5, 5.41) is 0. The van der Waals surface area contributed by atoms with E-state index in [1.165, 1.54) is 16.8 Å². The van der Waals surface area contributed by atoms with Gasteiger partial charge in [-0.25, -0.2) is 0 Å². The normalized spacial score (nSPS) is 13.5. The summed E-state index contributed by atoms with van der Waals surface area (Å²) in [5.74, 6) is 0. The SMILES string of the molecule is C=C(c1ccccc1)N1CCc2ccccc21. The van der Waals surface area contributed by atoms with Gasteiger partial charge >= 0.3 is 0 Å². The van der Waals surface area contributed by atoms with Gasteiger partial charge in [-0.05, 0) is 23.6 Å². The van der Waals surface area contributed by atoms with E-state index in [0.717, 1.165) is 18.7 Å². The molecule has 0 atom stereocenters. The lowest BCUT2D eigenvalue weighted by atomic mass is 10.1. The largest absolute Gasteiger partial charge is 0.341 e. The van der Waals surface area contributed by atoms with Gasteiger partial charge in [0, 0.05) is 17.9 Å². The zero-order valence-corrected chi connectivity index (χ0v) is 9.76. The van der Waals surface area contributed by atoms with Gasteiger partial charge in [0.05, 0.1) is 0 Å². The molecule has 2 aromatic carbocycles. The molecule has 1 aliphatic heterocycles. The Hall–Kier alpha value is -2.02. The zero-order chi connectivity index (χ0) is 11.7. The fourth-order valence-corrected chi connectivity index (χ4v) is 2.40. The predicted molar refractivity (Wildman–Crippen MR) is 73.0 cm³/mol. The third-order valence-corrected chi connectivity index (χ3v) is 3.32. The molecule has 0 spiro atoms. The maximum absolute atomic E-state index is 4.23. The van der Waals surface area contributed by atoms with Crippen LogP contribution in [-0.4, -0.2) is 6.54 Å². The molecule has 0 fully saturated rings. The minimum absolute atomic E-state index is 1.03. The van der Waals surface area contributed by atoms with E-state index in [-0.39, 0.29) is 0 Å². The van der Waals surface area contributed by atoms with E-state index in [4.69, 9.17) is 0 Å². The lowest BCUT2D eigenvalue weighted by molar-refractivity contribution is 1.01. The van der Waals surface area contributed by atoms with Gasteiger partial charge in [-0.1, -0.05) is 55.1 Å². The number of hydrogen-bond donors (Lipinski definition) is 0. The van der Waals surface area contributed by atoms with Gasteiger partial charge in [0.2, 0.25) is 0 Å². The molecule has 0 unspecified atom stereocenters. The fraction of sp³-hybridized carbons (Fsp3) is 0.125. The van der Waals surface area contributed by atoms with E-state index in [0.29, 0.717) is 0 Å². The van der Waals surface area contributed by atoms with Crippen molar-refractivity contribution in [3.05, 3.63) is 72.3 Å². The minimum atomic E-state index is 1.03. The Morgan fingerprint density at radius 2 is 1.65 bits per heavy atom. The lowest BCUT2D eigenvalue weighted by Crippen LogP contribution is -2.17. The molecule has 3 rings (SSSR count). The summed E-state index contributed by atoms with van der Waals surface area (Å²) in [5.41, 5.74) is 5.02. The average Bonchev–Trinajstić information content (AvgIpc) is 2.83. The first-order valence-electron chi connectivity index (χ1n) is 5.96. The number of fused-ring (bicyclic) bond motifs is 1. The molecule has 0 saturated heterocycles. The number of para-hydroxylation sites is 1. The predicted octanol–water partition coefficient (Wildman–Crippen LogP) is 3.72. The Labute approximate surface area is 102 Å². The van der Waals surface area contributed by atoms with Gasteiger partial charge in [-0.15, -0.1) is 0 Å². The van der Waals surface area contributed by atoms with Gasteiger partial charge in [-0.3, -0.25) is 0 Å². The van der Waals surface area contributed by atoms with Crippen molar-refractivity contribution in [2.45, 2.75) is 6.42 Å². The highest BCUT2D eigenvalue weighted by Gasteiger charge is 2.20. The van der Waals surface area contributed by atoms with Crippen LogP contribution in [0.3, 0.4) is 0 Å². The summed E-state index contributed by atoms with van der Waals surface area (Å²) in [6.45, 7) is 5.27. The molecule has 0 amide bonds. The van der Waals surface area contributed by atoms with Crippen LogP contribution in [0.5, 0.6) is 0 Å². The second kappa shape index (κ2) is 4.10. The van der Waals surface area contributed by atoms with Crippen LogP contribution < -0.4 is 4.90 Å². The first-order chi connectivity index (χ1) is 8.36. The average molecular weight is 221 g/mol. The standard InChI is InChI=1S/C16H15N/c1-13(14-7-3-2-4-8-14)17-12-11-15-9-5-6-10-16(15)17/h2-10H,1,11-12H2. The summed E-state index contributed by atoms with van der Waals surface area (Å²) in [4.78, 5) is 2.31. The van der Waals surface area contributed by atoms with Crippen LogP contribution in [-0.2, 0) is 6.42 Å². The van der Waals surface area contributed by atoms with Crippen molar-refractivity contribution in [3.63, 3.8) is 0 Å². The first kappa shape index (κ1) is 10.2. The highest BCUT2D eigenvalue weighted by Crippen LogP contribution is 2.33. The Balaban J connectivity index is 1.95. The van der Waals surface area contributed by atoms with E-state index < -0.39 is 0 Å². The van der Waals surface area contributed by atoms with Crippen LogP contribution in [0, 0.1) is 0 Å². The van der Waals surface area contributed by atoms with Gasteiger partial charge in [-0.2, -0.15) is 0 Å². The van der Waals surface area contributed by atoms with Crippen molar-refractivity contribution in [3.8, 4) is 0 Å². The lowest BCUT2D eigenvalue weighted by Gasteiger charge is -2.22. The second-order valence-electron chi connectivity index (χ2n) is 4.34. The molecule has 0 saturated carbocycles. The Morgan fingerprint density at radius 1 is 0.941 bits per heavy atom.